The monoisotopic (exact) mass is 320 g/mol. The fourth-order valence-electron chi connectivity index (χ4n) is 1.75. The molecule has 0 fully saturated rings. The molecule has 0 amide bonds. The molecule has 3 heterocycles. The Balaban J connectivity index is 2.08. The zero-order chi connectivity index (χ0) is 13.9. The highest BCUT2D eigenvalue weighted by Gasteiger charge is 2.15. The third-order valence-corrected chi connectivity index (χ3v) is 4.62. The van der Waals surface area contributed by atoms with E-state index in [1.54, 1.807) is 29.4 Å². The van der Waals surface area contributed by atoms with Gasteiger partial charge in [0.1, 0.15) is 4.34 Å². The maximum absolute atomic E-state index is 12.6. The van der Waals surface area contributed by atoms with E-state index < -0.39 is 0 Å². The molecule has 0 aliphatic rings. The summed E-state index contributed by atoms with van der Waals surface area (Å²) in [6.45, 7) is 0. The number of aromatic nitrogens is 2. The minimum absolute atomic E-state index is 0.0495. The second-order valence-corrected chi connectivity index (χ2v) is 6.29. The van der Waals surface area contributed by atoms with Crippen LogP contribution in [0.3, 0.4) is 0 Å². The molecule has 0 atom stereocenters. The number of allylic oxidation sites excluding steroid dienone is 1. The number of Topliss-reactive ketones (excluding diaryl/α,β-unsaturated/α-hetero) is 1. The number of rotatable bonds is 4. The molecule has 3 rings (SSSR count). The maximum atomic E-state index is 12.6. The highest BCUT2D eigenvalue weighted by molar-refractivity contribution is 7.14. The lowest BCUT2D eigenvalue weighted by Crippen LogP contribution is -2.07. The molecule has 0 aliphatic heterocycles. The minimum atomic E-state index is -0.0495. The standard InChI is InChI=1S/C14H9ClN2OS2/c15-14-10(2-6-20-14)7-12(17-4-3-16-9-17)13(18)11-1-5-19-8-11/h1-9H. The Morgan fingerprint density at radius 1 is 1.35 bits per heavy atom. The number of nitrogens with zero attached hydrogens (tertiary/aromatic N) is 2. The molecule has 3 nitrogen and oxygen atoms in total. The lowest BCUT2D eigenvalue weighted by Gasteiger charge is -2.06. The highest BCUT2D eigenvalue weighted by Crippen LogP contribution is 2.27. The number of hydrogen-bond acceptors (Lipinski definition) is 4. The molecule has 0 bridgehead atoms. The summed E-state index contributed by atoms with van der Waals surface area (Å²) < 4.78 is 2.37. The Hall–Kier alpha value is -1.69. The molecule has 0 saturated carbocycles. The van der Waals surface area contributed by atoms with Crippen LogP contribution >= 0.6 is 34.3 Å². The van der Waals surface area contributed by atoms with E-state index in [1.807, 2.05) is 28.3 Å². The SMILES string of the molecule is O=C(C(=Cc1ccsc1Cl)n1ccnc1)c1ccsc1. The first kappa shape index (κ1) is 13.3. The lowest BCUT2D eigenvalue weighted by molar-refractivity contribution is 0.105. The van der Waals surface area contributed by atoms with Crippen LogP contribution in [-0.4, -0.2) is 15.3 Å². The van der Waals surface area contributed by atoms with E-state index in [9.17, 15) is 4.79 Å². The van der Waals surface area contributed by atoms with E-state index in [1.165, 1.54) is 22.7 Å². The third-order valence-electron chi connectivity index (χ3n) is 2.74. The largest absolute Gasteiger partial charge is 0.303 e. The predicted octanol–water partition coefficient (Wildman–Crippen LogP) is 4.54. The average molecular weight is 321 g/mol. The number of thiophene rings is 2. The van der Waals surface area contributed by atoms with Gasteiger partial charge >= 0.3 is 0 Å². The van der Waals surface area contributed by atoms with Crippen LogP contribution in [0.5, 0.6) is 0 Å². The number of imidazole rings is 1. The Morgan fingerprint density at radius 2 is 2.25 bits per heavy atom. The third kappa shape index (κ3) is 2.60. The summed E-state index contributed by atoms with van der Waals surface area (Å²) >= 11 is 9.05. The first-order valence-electron chi connectivity index (χ1n) is 5.75. The van der Waals surface area contributed by atoms with Gasteiger partial charge in [0.05, 0.1) is 12.0 Å². The van der Waals surface area contributed by atoms with E-state index in [0.717, 1.165) is 5.56 Å². The smallest absolute Gasteiger partial charge is 0.210 e. The average Bonchev–Trinajstić information content (AvgIpc) is 3.18. The Morgan fingerprint density at radius 3 is 2.85 bits per heavy atom. The number of carbonyl (C=O) groups is 1. The van der Waals surface area contributed by atoms with Gasteiger partial charge in [-0.15, -0.1) is 11.3 Å². The summed E-state index contributed by atoms with van der Waals surface area (Å²) in [7, 11) is 0. The fraction of sp³-hybridized carbons (Fsp3) is 0. The molecule has 20 heavy (non-hydrogen) atoms. The van der Waals surface area contributed by atoms with Crippen molar-refractivity contribution in [2.45, 2.75) is 0 Å². The van der Waals surface area contributed by atoms with Gasteiger partial charge in [-0.3, -0.25) is 4.79 Å². The molecule has 3 aromatic rings. The summed E-state index contributed by atoms with van der Waals surface area (Å²) in [6, 6.07) is 3.71. The molecular formula is C14H9ClN2OS2. The number of carbonyl (C=O) groups excluding carboxylic acids is 1. The van der Waals surface area contributed by atoms with Crippen molar-refractivity contribution in [2.75, 3.05) is 0 Å². The fourth-order valence-corrected chi connectivity index (χ4v) is 3.26. The van der Waals surface area contributed by atoms with Crippen LogP contribution in [0.15, 0.2) is 47.0 Å². The van der Waals surface area contributed by atoms with E-state index in [2.05, 4.69) is 4.98 Å². The number of halogens is 1. The summed E-state index contributed by atoms with van der Waals surface area (Å²) in [6.07, 6.45) is 6.79. The van der Waals surface area contributed by atoms with Crippen molar-refractivity contribution >= 4 is 51.8 Å². The van der Waals surface area contributed by atoms with Crippen LogP contribution in [0.2, 0.25) is 4.34 Å². The molecule has 0 spiro atoms. The van der Waals surface area contributed by atoms with Gasteiger partial charge in [-0.05, 0) is 29.0 Å². The Labute approximate surface area is 128 Å². The Kier molecular flexibility index (Phi) is 3.82. The van der Waals surface area contributed by atoms with Crippen molar-refractivity contribution in [3.8, 4) is 0 Å². The van der Waals surface area contributed by atoms with Gasteiger partial charge in [0.15, 0.2) is 0 Å². The Bertz CT molecular complexity index is 742. The van der Waals surface area contributed by atoms with Crippen molar-refractivity contribution in [1.29, 1.82) is 0 Å². The molecule has 0 N–H and O–H groups in total. The topological polar surface area (TPSA) is 34.9 Å². The van der Waals surface area contributed by atoms with Gasteiger partial charge in [-0.1, -0.05) is 11.6 Å². The van der Waals surface area contributed by atoms with E-state index in [0.29, 0.717) is 15.6 Å². The number of hydrogen-bond donors (Lipinski definition) is 0. The summed E-state index contributed by atoms with van der Waals surface area (Å²) in [5.74, 6) is -0.0495. The van der Waals surface area contributed by atoms with Gasteiger partial charge in [-0.2, -0.15) is 11.3 Å². The maximum Gasteiger partial charge on any atom is 0.210 e. The highest BCUT2D eigenvalue weighted by atomic mass is 35.5. The van der Waals surface area contributed by atoms with Gasteiger partial charge < -0.3 is 4.57 Å². The molecular weight excluding hydrogens is 312 g/mol. The minimum Gasteiger partial charge on any atom is -0.303 e. The zero-order valence-electron chi connectivity index (χ0n) is 10.2. The van der Waals surface area contributed by atoms with E-state index in [4.69, 9.17) is 11.6 Å². The van der Waals surface area contributed by atoms with Crippen LogP contribution < -0.4 is 0 Å². The molecule has 0 saturated heterocycles. The van der Waals surface area contributed by atoms with Crippen LogP contribution in [0.1, 0.15) is 15.9 Å². The van der Waals surface area contributed by atoms with E-state index >= 15 is 0 Å². The van der Waals surface area contributed by atoms with Gasteiger partial charge in [0.2, 0.25) is 5.78 Å². The summed E-state index contributed by atoms with van der Waals surface area (Å²) in [5.41, 5.74) is 2.03. The molecule has 0 aromatic carbocycles. The van der Waals surface area contributed by atoms with Crippen molar-refractivity contribution in [2.24, 2.45) is 0 Å². The molecule has 0 unspecified atom stereocenters. The molecule has 0 radical (unpaired) electrons. The first-order valence-corrected chi connectivity index (χ1v) is 7.95. The summed E-state index contributed by atoms with van der Waals surface area (Å²) in [4.78, 5) is 16.6. The van der Waals surface area contributed by atoms with Gasteiger partial charge in [-0.25, -0.2) is 4.98 Å². The summed E-state index contributed by atoms with van der Waals surface area (Å²) in [5, 5.41) is 5.62. The predicted molar refractivity (Wildman–Crippen MR) is 84.4 cm³/mol. The van der Waals surface area contributed by atoms with Crippen LogP contribution in [0, 0.1) is 0 Å². The van der Waals surface area contributed by atoms with Gasteiger partial charge in [0, 0.05) is 28.9 Å². The second-order valence-electron chi connectivity index (χ2n) is 3.99. The molecule has 100 valence electrons. The molecule has 0 aliphatic carbocycles. The second kappa shape index (κ2) is 5.75. The van der Waals surface area contributed by atoms with Gasteiger partial charge in [0.25, 0.3) is 0 Å². The number of ketones is 1. The van der Waals surface area contributed by atoms with Crippen molar-refractivity contribution in [3.63, 3.8) is 0 Å². The molecule has 3 aromatic heterocycles. The van der Waals surface area contributed by atoms with Crippen molar-refractivity contribution in [1.82, 2.24) is 9.55 Å². The lowest BCUT2D eigenvalue weighted by atomic mass is 10.1. The van der Waals surface area contributed by atoms with Crippen molar-refractivity contribution < 1.29 is 4.79 Å². The quantitative estimate of drug-likeness (QED) is 0.522. The van der Waals surface area contributed by atoms with Crippen molar-refractivity contribution in [3.05, 3.63) is 62.5 Å². The van der Waals surface area contributed by atoms with Crippen LogP contribution in [0.25, 0.3) is 11.8 Å². The van der Waals surface area contributed by atoms with Crippen LogP contribution in [0.4, 0.5) is 0 Å². The zero-order valence-corrected chi connectivity index (χ0v) is 12.6. The van der Waals surface area contributed by atoms with Crippen LogP contribution in [-0.2, 0) is 0 Å². The molecule has 6 heteroatoms. The van der Waals surface area contributed by atoms with E-state index in [-0.39, 0.29) is 5.78 Å². The normalized spacial score (nSPS) is 11.8. The first-order chi connectivity index (χ1) is 9.75.